The fourth-order valence-corrected chi connectivity index (χ4v) is 9.72. The number of carbonyl (C=O) groups is 5. The van der Waals surface area contributed by atoms with Gasteiger partial charge in [0.25, 0.3) is 0 Å². The number of rotatable bonds is 19. The van der Waals surface area contributed by atoms with Crippen molar-refractivity contribution < 1.29 is 116 Å². The number of methoxy groups -OCH3 is 9. The van der Waals surface area contributed by atoms with E-state index < -0.39 is 94.4 Å². The number of carbonyl (C=O) groups excluding carboxylic acids is 5. The molecule has 0 aliphatic rings. The van der Waals surface area contributed by atoms with E-state index in [2.05, 4.69) is 53.3 Å². The van der Waals surface area contributed by atoms with Crippen LogP contribution in [0.2, 0.25) is 25.2 Å². The van der Waals surface area contributed by atoms with Gasteiger partial charge in [-0.2, -0.15) is 17.6 Å². The first-order chi connectivity index (χ1) is 50.6. The summed E-state index contributed by atoms with van der Waals surface area (Å²) in [5.74, 6) is -9.18. The summed E-state index contributed by atoms with van der Waals surface area (Å²) in [6.07, 6.45) is 0. The Morgan fingerprint density at radius 3 is 1.07 bits per heavy atom. The van der Waals surface area contributed by atoms with Crippen LogP contribution in [0.25, 0.3) is 45.0 Å². The summed E-state index contributed by atoms with van der Waals surface area (Å²) in [5, 5.41) is 0.399. The number of ether oxygens (including phenoxy) is 12. The molecule has 9 aromatic rings. The SMILES string of the molecule is CCOC(=O)c1nc(-c2ccc(Cl)c(OC)c2F)cc(N)c1OC(F)F.COC(=O)c1nc(-c2ccc(Cl)c(OC)c2F)cc(N)c1OC(F)F.COC(=O)c1nc(-c2ccc(Cl)cc2)cc(N)c1OC.COC(=O)c1nc(-c2ccc(Cl)cc2F)cc(N)c1OC.COC(=O)c1nc(Cl)c(F)c(N)c1OC. The van der Waals surface area contributed by atoms with Crippen molar-refractivity contribution in [3.05, 3.63) is 168 Å². The lowest BCUT2D eigenvalue weighted by Crippen LogP contribution is -2.15. The molecule has 10 N–H and O–H groups in total. The number of nitrogens with two attached hydrogens (primary N) is 5. The largest absolute Gasteiger partial charge is 0.492 e. The number of hydrogen-bond acceptors (Lipinski definition) is 27. The number of benzene rings is 4. The zero-order valence-corrected chi connectivity index (χ0v) is 60.8. The van der Waals surface area contributed by atoms with Crippen LogP contribution >= 0.6 is 58.0 Å². The van der Waals surface area contributed by atoms with E-state index in [1.807, 2.05) is 0 Å². The van der Waals surface area contributed by atoms with Crippen molar-refractivity contribution in [2.24, 2.45) is 0 Å². The zero-order chi connectivity index (χ0) is 80.0. The summed E-state index contributed by atoms with van der Waals surface area (Å²) in [4.78, 5) is 78.1. The van der Waals surface area contributed by atoms with E-state index in [9.17, 15) is 59.1 Å². The van der Waals surface area contributed by atoms with Gasteiger partial charge in [-0.3, -0.25) is 0 Å². The van der Waals surface area contributed by atoms with Crippen LogP contribution in [0, 0.1) is 23.3 Å². The number of hydrogen-bond donors (Lipinski definition) is 5. The molecular formula is C67H59Cl5F8N10O17. The summed E-state index contributed by atoms with van der Waals surface area (Å²) >= 11 is 28.6. The van der Waals surface area contributed by atoms with E-state index in [1.54, 1.807) is 30.3 Å². The molecule has 570 valence electrons. The maximum absolute atomic E-state index is 14.6. The number of esters is 5. The molecule has 0 atom stereocenters. The molecular weight excluding hydrogens is 1550 g/mol. The molecule has 0 fully saturated rings. The van der Waals surface area contributed by atoms with Crippen LogP contribution in [-0.4, -0.2) is 139 Å². The van der Waals surface area contributed by atoms with E-state index in [0.717, 1.165) is 38.0 Å². The third kappa shape index (κ3) is 21.4. The van der Waals surface area contributed by atoms with E-state index in [0.29, 0.717) is 16.4 Å². The lowest BCUT2D eigenvalue weighted by atomic mass is 10.1. The minimum absolute atomic E-state index is 0.0163. The zero-order valence-electron chi connectivity index (χ0n) is 57.0. The number of alkyl halides is 4. The molecule has 0 saturated carbocycles. The van der Waals surface area contributed by atoms with Crippen molar-refractivity contribution in [3.63, 3.8) is 0 Å². The van der Waals surface area contributed by atoms with Crippen LogP contribution in [0.1, 0.15) is 59.4 Å². The van der Waals surface area contributed by atoms with E-state index in [1.165, 1.54) is 99.2 Å². The van der Waals surface area contributed by atoms with Gasteiger partial charge in [0, 0.05) is 32.3 Å². The number of nitrogen functional groups attached to an aromatic ring is 5. The highest BCUT2D eigenvalue weighted by Gasteiger charge is 2.29. The van der Waals surface area contributed by atoms with Gasteiger partial charge in [-0.15, -0.1) is 0 Å². The van der Waals surface area contributed by atoms with E-state index >= 15 is 0 Å². The Hall–Kier alpha value is -11.5. The van der Waals surface area contributed by atoms with Crippen LogP contribution < -0.4 is 61.8 Å². The highest BCUT2D eigenvalue weighted by molar-refractivity contribution is 6.33. The molecule has 5 aromatic heterocycles. The Bertz CT molecular complexity index is 4760. The second-order valence-corrected chi connectivity index (χ2v) is 22.0. The van der Waals surface area contributed by atoms with Crippen molar-refractivity contribution in [1.82, 2.24) is 24.9 Å². The average molecular weight is 1610 g/mol. The van der Waals surface area contributed by atoms with Crippen LogP contribution in [0.15, 0.2) is 91.0 Å². The highest BCUT2D eigenvalue weighted by Crippen LogP contribution is 2.41. The lowest BCUT2D eigenvalue weighted by molar-refractivity contribution is -0.0509. The Morgan fingerprint density at radius 2 is 0.710 bits per heavy atom. The molecule has 40 heteroatoms. The second-order valence-electron chi connectivity index (χ2n) is 20.0. The lowest BCUT2D eigenvalue weighted by Gasteiger charge is -2.15. The number of halogens is 13. The predicted molar refractivity (Wildman–Crippen MR) is 377 cm³/mol. The smallest absolute Gasteiger partial charge is 0.387 e. The molecule has 107 heavy (non-hydrogen) atoms. The summed E-state index contributed by atoms with van der Waals surface area (Å²) in [5.41, 5.74) is 27.5. The Labute approximate surface area is 626 Å². The fourth-order valence-electron chi connectivity index (χ4n) is 8.80. The summed E-state index contributed by atoms with van der Waals surface area (Å²) < 4.78 is 163. The summed E-state index contributed by atoms with van der Waals surface area (Å²) in [6.45, 7) is -5.01. The predicted octanol–water partition coefficient (Wildman–Crippen LogP) is 14.4. The minimum Gasteiger partial charge on any atom is -0.492 e. The van der Waals surface area contributed by atoms with Crippen molar-refractivity contribution in [1.29, 1.82) is 0 Å². The minimum atomic E-state index is -3.24. The van der Waals surface area contributed by atoms with Crippen molar-refractivity contribution in [2.45, 2.75) is 20.1 Å². The molecule has 0 aliphatic heterocycles. The van der Waals surface area contributed by atoms with Crippen molar-refractivity contribution in [2.75, 3.05) is 99.3 Å². The van der Waals surface area contributed by atoms with Crippen LogP contribution in [0.5, 0.6) is 40.2 Å². The number of pyridine rings is 5. The average Bonchev–Trinajstić information content (AvgIpc) is 0.798. The van der Waals surface area contributed by atoms with Crippen molar-refractivity contribution >= 4 is 116 Å². The maximum Gasteiger partial charge on any atom is 0.387 e. The molecule has 5 heterocycles. The molecule has 0 aliphatic carbocycles. The summed E-state index contributed by atoms with van der Waals surface area (Å²) in [6, 6.07) is 21.6. The number of anilines is 5. The molecule has 0 amide bonds. The van der Waals surface area contributed by atoms with Gasteiger partial charge in [0.2, 0.25) is 0 Å². The maximum atomic E-state index is 14.6. The van der Waals surface area contributed by atoms with Gasteiger partial charge >= 0.3 is 43.1 Å². The third-order valence-corrected chi connectivity index (χ3v) is 14.8. The van der Waals surface area contributed by atoms with E-state index in [4.69, 9.17) is 115 Å². The van der Waals surface area contributed by atoms with Gasteiger partial charge < -0.3 is 85.5 Å². The van der Waals surface area contributed by atoms with Gasteiger partial charge in [-0.1, -0.05) is 70.1 Å². The third-order valence-electron chi connectivity index (χ3n) is 13.5. The van der Waals surface area contributed by atoms with Gasteiger partial charge in [-0.25, -0.2) is 66.5 Å². The summed E-state index contributed by atoms with van der Waals surface area (Å²) in [7, 11) is 11.1. The highest BCUT2D eigenvalue weighted by atomic mass is 35.5. The molecule has 0 spiro atoms. The Balaban J connectivity index is 0.000000242. The molecule has 0 saturated heterocycles. The monoisotopic (exact) mass is 1600 g/mol. The molecule has 4 aromatic carbocycles. The van der Waals surface area contributed by atoms with Crippen LogP contribution in [-0.2, 0) is 23.7 Å². The first-order valence-corrected chi connectivity index (χ1v) is 31.2. The first-order valence-electron chi connectivity index (χ1n) is 29.3. The molecule has 27 nitrogen and oxygen atoms in total. The van der Waals surface area contributed by atoms with Crippen molar-refractivity contribution in [3.8, 4) is 85.3 Å². The van der Waals surface area contributed by atoms with E-state index in [-0.39, 0.29) is 124 Å². The molecule has 0 unspecified atom stereocenters. The second kappa shape index (κ2) is 39.5. The molecule has 0 radical (unpaired) electrons. The van der Waals surface area contributed by atoms with Crippen LogP contribution in [0.4, 0.5) is 63.6 Å². The van der Waals surface area contributed by atoms with Gasteiger partial charge in [0.1, 0.15) is 11.5 Å². The fraction of sp³-hybridized carbons (Fsp3) is 0.194. The number of aromatic nitrogens is 5. The molecule has 9 rings (SSSR count). The number of nitrogens with zero attached hydrogens (tertiary/aromatic N) is 5. The molecule has 0 bridgehead atoms. The normalized spacial score (nSPS) is 10.4. The quantitative estimate of drug-likeness (QED) is 0.0217. The van der Waals surface area contributed by atoms with Crippen LogP contribution in [0.3, 0.4) is 0 Å². The topological polar surface area (TPSA) is 391 Å². The first kappa shape index (κ1) is 86.1. The van der Waals surface area contributed by atoms with Gasteiger partial charge in [0.05, 0.1) is 126 Å². The Morgan fingerprint density at radius 1 is 0.383 bits per heavy atom. The van der Waals surface area contributed by atoms with Gasteiger partial charge in [-0.05, 0) is 85.8 Å². The standard InChI is InChI=1S/C16H14ClF3N2O4.C15H12ClF3N2O4.C14H12ClFN2O3.C14H13ClN2O3.C8H8ClFN2O3/c1-3-25-15(23)12-14(26-16(19)20)9(21)6-10(22-12)7-4-5-8(17)13(24-2)11(7)18;1-23-12-7(16)4-3-6(10(12)17)9-5-8(20)13(25-15(18)19)11(21-9)14(22)24-2;1-20-13-10(17)6-11(18-12(13)14(19)21-2)8-4-3-7(15)5-9(8)16;1-19-13-10(16)7-11(17-12(13)14(18)20-2)8-3-5-9(15)6-4-8;1-14-6-4(11)3(10)7(9)12-5(6)8(13)15-2/h4-6,16H,3H2,1-2H3,(H2,21,22);3-5,15H,1-2H3,(H2,20,21);3-6H,1-2H3,(H2,17,18);3-7H,1-2H3,(H2,16,17);1-2H3,(H2,11,12). The Kier molecular flexibility index (Phi) is 31.8. The van der Waals surface area contributed by atoms with Gasteiger partial charge in [0.15, 0.2) is 91.3 Å².